The molecule has 0 bridgehead atoms. The third-order valence-electron chi connectivity index (χ3n) is 2.98. The molecule has 1 N–H and O–H groups in total. The molecule has 2 aromatic rings. The van der Waals surface area contributed by atoms with Crippen LogP contribution >= 0.6 is 0 Å². The van der Waals surface area contributed by atoms with E-state index >= 15 is 0 Å². The molecule has 19 heavy (non-hydrogen) atoms. The van der Waals surface area contributed by atoms with Gasteiger partial charge in [0.05, 0.1) is 0 Å². The van der Waals surface area contributed by atoms with Gasteiger partial charge in [-0.3, -0.25) is 0 Å². The molecule has 2 rings (SSSR count). The van der Waals surface area contributed by atoms with Gasteiger partial charge in [-0.05, 0) is 24.6 Å². The molecule has 4 nitrogen and oxygen atoms in total. The lowest BCUT2D eigenvalue weighted by Gasteiger charge is -2.08. The lowest BCUT2D eigenvalue weighted by atomic mass is 10.2. The highest BCUT2D eigenvalue weighted by atomic mass is 16.5. The number of benzene rings is 1. The number of ether oxygens (including phenoxy) is 1. The summed E-state index contributed by atoms with van der Waals surface area (Å²) in [6.07, 6.45) is 4.74. The van der Waals surface area contributed by atoms with Crippen LogP contribution in [0.25, 0.3) is 0 Å². The summed E-state index contributed by atoms with van der Waals surface area (Å²) >= 11 is 0. The largest absolute Gasteiger partial charge is 0.492 e. The highest BCUT2D eigenvalue weighted by molar-refractivity contribution is 5.27. The van der Waals surface area contributed by atoms with Gasteiger partial charge in [0.15, 0.2) is 0 Å². The number of nitrogens with one attached hydrogen (secondary N) is 1. The summed E-state index contributed by atoms with van der Waals surface area (Å²) in [7, 11) is 2.02. The molecule has 0 aliphatic carbocycles. The maximum atomic E-state index is 5.66. The number of nitrogens with zero attached hydrogens (tertiary/aromatic N) is 2. The number of imidazole rings is 1. The zero-order valence-corrected chi connectivity index (χ0v) is 11.6. The quantitative estimate of drug-likeness (QED) is 0.772. The van der Waals surface area contributed by atoms with Gasteiger partial charge in [-0.2, -0.15) is 0 Å². The monoisotopic (exact) mass is 259 g/mol. The van der Waals surface area contributed by atoms with Crippen molar-refractivity contribution in [3.05, 3.63) is 48.0 Å². The lowest BCUT2D eigenvalue weighted by molar-refractivity contribution is 0.314. The van der Waals surface area contributed by atoms with E-state index in [0.717, 1.165) is 31.1 Å². The van der Waals surface area contributed by atoms with Crippen molar-refractivity contribution in [3.63, 3.8) is 0 Å². The van der Waals surface area contributed by atoms with Crippen molar-refractivity contribution in [1.29, 1.82) is 0 Å². The van der Waals surface area contributed by atoms with E-state index in [-0.39, 0.29) is 0 Å². The first-order chi connectivity index (χ1) is 9.25. The van der Waals surface area contributed by atoms with Crippen LogP contribution in [0.1, 0.15) is 11.4 Å². The third-order valence-corrected chi connectivity index (χ3v) is 2.98. The van der Waals surface area contributed by atoms with Crippen LogP contribution in [0.5, 0.6) is 5.75 Å². The van der Waals surface area contributed by atoms with E-state index in [9.17, 15) is 0 Å². The molecule has 0 radical (unpaired) electrons. The van der Waals surface area contributed by atoms with Crippen molar-refractivity contribution in [2.24, 2.45) is 7.05 Å². The molecule has 0 aliphatic heterocycles. The number of hydrogen-bond acceptors (Lipinski definition) is 3. The normalized spacial score (nSPS) is 10.6. The van der Waals surface area contributed by atoms with E-state index in [4.69, 9.17) is 4.74 Å². The van der Waals surface area contributed by atoms with Crippen LogP contribution in [0.4, 0.5) is 0 Å². The Hall–Kier alpha value is -1.81. The predicted molar refractivity (Wildman–Crippen MR) is 76.5 cm³/mol. The predicted octanol–water partition coefficient (Wildman–Crippen LogP) is 1.94. The van der Waals surface area contributed by atoms with Gasteiger partial charge in [0.2, 0.25) is 0 Å². The Kier molecular flexibility index (Phi) is 4.98. The van der Waals surface area contributed by atoms with Crippen molar-refractivity contribution >= 4 is 0 Å². The summed E-state index contributed by atoms with van der Waals surface area (Å²) in [4.78, 5) is 4.28. The fourth-order valence-electron chi connectivity index (χ4n) is 1.91. The van der Waals surface area contributed by atoms with Crippen molar-refractivity contribution in [2.75, 3.05) is 19.7 Å². The summed E-state index contributed by atoms with van der Waals surface area (Å²) in [6.45, 7) is 4.52. The molecule has 0 saturated carbocycles. The first-order valence-corrected chi connectivity index (χ1v) is 6.62. The van der Waals surface area contributed by atoms with Gasteiger partial charge in [0.25, 0.3) is 0 Å². The molecule has 0 aliphatic rings. The second kappa shape index (κ2) is 6.95. The molecule has 0 unspecified atom stereocenters. The van der Waals surface area contributed by atoms with Crippen LogP contribution in [0.2, 0.25) is 0 Å². The molecular formula is C15H21N3O. The van der Waals surface area contributed by atoms with Crippen molar-refractivity contribution < 1.29 is 4.74 Å². The molecule has 1 heterocycles. The Bertz CT molecular complexity index is 508. The highest BCUT2D eigenvalue weighted by Crippen LogP contribution is 2.11. The Morgan fingerprint density at radius 2 is 2.21 bits per heavy atom. The minimum Gasteiger partial charge on any atom is -0.492 e. The van der Waals surface area contributed by atoms with Gasteiger partial charge < -0.3 is 14.6 Å². The molecule has 0 fully saturated rings. The lowest BCUT2D eigenvalue weighted by Crippen LogP contribution is -2.24. The smallest absolute Gasteiger partial charge is 0.119 e. The van der Waals surface area contributed by atoms with Crippen LogP contribution in [0.15, 0.2) is 36.7 Å². The molecule has 102 valence electrons. The van der Waals surface area contributed by atoms with Crippen molar-refractivity contribution in [3.8, 4) is 5.75 Å². The Balaban J connectivity index is 1.59. The summed E-state index contributed by atoms with van der Waals surface area (Å²) < 4.78 is 7.71. The minimum atomic E-state index is 0.685. The third kappa shape index (κ3) is 4.41. The fraction of sp³-hybridized carbons (Fsp3) is 0.400. The van der Waals surface area contributed by atoms with E-state index in [0.29, 0.717) is 6.61 Å². The number of rotatable bonds is 7. The molecule has 0 spiro atoms. The average molecular weight is 259 g/mol. The zero-order valence-electron chi connectivity index (χ0n) is 11.6. The van der Waals surface area contributed by atoms with Gasteiger partial charge in [0.1, 0.15) is 18.2 Å². The molecule has 1 aromatic carbocycles. The number of hydrogen-bond donors (Lipinski definition) is 1. The van der Waals surface area contributed by atoms with Gasteiger partial charge in [-0.15, -0.1) is 0 Å². The van der Waals surface area contributed by atoms with Crippen LogP contribution in [-0.2, 0) is 13.5 Å². The summed E-state index contributed by atoms with van der Waals surface area (Å²) in [6, 6.07) is 8.12. The minimum absolute atomic E-state index is 0.685. The number of aromatic nitrogens is 2. The second-order valence-corrected chi connectivity index (χ2v) is 4.62. The zero-order chi connectivity index (χ0) is 13.5. The van der Waals surface area contributed by atoms with E-state index < -0.39 is 0 Å². The molecular weight excluding hydrogens is 238 g/mol. The maximum Gasteiger partial charge on any atom is 0.119 e. The van der Waals surface area contributed by atoms with E-state index in [2.05, 4.69) is 23.3 Å². The van der Waals surface area contributed by atoms with Gasteiger partial charge in [0, 0.05) is 39.0 Å². The molecule has 1 aromatic heterocycles. The summed E-state index contributed by atoms with van der Waals surface area (Å²) in [5.41, 5.74) is 1.22. The Labute approximate surface area is 114 Å². The molecule has 0 amide bonds. The Morgan fingerprint density at radius 3 is 2.95 bits per heavy atom. The molecule has 0 atom stereocenters. The number of aryl methyl sites for hydroxylation is 2. The van der Waals surface area contributed by atoms with E-state index in [1.54, 1.807) is 0 Å². The highest BCUT2D eigenvalue weighted by Gasteiger charge is 1.98. The fourth-order valence-corrected chi connectivity index (χ4v) is 1.91. The second-order valence-electron chi connectivity index (χ2n) is 4.62. The maximum absolute atomic E-state index is 5.66. The van der Waals surface area contributed by atoms with E-state index in [1.807, 2.05) is 42.2 Å². The van der Waals surface area contributed by atoms with Gasteiger partial charge in [-0.1, -0.05) is 12.1 Å². The van der Waals surface area contributed by atoms with Crippen LogP contribution in [-0.4, -0.2) is 29.2 Å². The van der Waals surface area contributed by atoms with E-state index in [1.165, 1.54) is 5.56 Å². The average Bonchev–Trinajstić information content (AvgIpc) is 2.79. The van der Waals surface area contributed by atoms with Gasteiger partial charge in [-0.25, -0.2) is 4.98 Å². The van der Waals surface area contributed by atoms with Crippen LogP contribution in [0.3, 0.4) is 0 Å². The van der Waals surface area contributed by atoms with Crippen LogP contribution in [0, 0.1) is 6.92 Å². The van der Waals surface area contributed by atoms with Crippen LogP contribution < -0.4 is 10.1 Å². The topological polar surface area (TPSA) is 39.1 Å². The first kappa shape index (κ1) is 13.6. The summed E-state index contributed by atoms with van der Waals surface area (Å²) in [5, 5.41) is 3.36. The standard InChI is InChI=1S/C15H21N3O/c1-13-4-3-5-14(12-13)19-11-9-16-7-6-15-17-8-10-18(15)2/h3-5,8,10,12,16H,6-7,9,11H2,1-2H3. The van der Waals surface area contributed by atoms with Crippen molar-refractivity contribution in [2.45, 2.75) is 13.3 Å². The Morgan fingerprint density at radius 1 is 1.32 bits per heavy atom. The molecule has 0 saturated heterocycles. The molecule has 4 heteroatoms. The summed E-state index contributed by atoms with van der Waals surface area (Å²) in [5.74, 6) is 2.04. The van der Waals surface area contributed by atoms with Crippen molar-refractivity contribution in [1.82, 2.24) is 14.9 Å². The SMILES string of the molecule is Cc1cccc(OCCNCCc2nccn2C)c1. The first-order valence-electron chi connectivity index (χ1n) is 6.62. The van der Waals surface area contributed by atoms with Gasteiger partial charge >= 0.3 is 0 Å².